The van der Waals surface area contributed by atoms with E-state index in [0.29, 0.717) is 24.6 Å². The molecule has 0 unspecified atom stereocenters. The van der Waals surface area contributed by atoms with Gasteiger partial charge in [-0.15, -0.1) is 24.0 Å². The van der Waals surface area contributed by atoms with Crippen LogP contribution in [0.5, 0.6) is 0 Å². The summed E-state index contributed by atoms with van der Waals surface area (Å²) in [5.41, 5.74) is 6.60. The number of anilines is 1. The fourth-order valence-electron chi connectivity index (χ4n) is 2.63. The highest BCUT2D eigenvalue weighted by molar-refractivity contribution is 14.0. The Morgan fingerprint density at radius 1 is 1.15 bits per heavy atom. The van der Waals surface area contributed by atoms with Crippen LogP contribution in [-0.4, -0.2) is 71.0 Å². The van der Waals surface area contributed by atoms with Gasteiger partial charge < -0.3 is 20.9 Å². The molecule has 1 aliphatic heterocycles. The molecular formula is C17H23IN8O. The molecular weight excluding hydrogens is 459 g/mol. The largest absolute Gasteiger partial charge is 0.370 e. The molecule has 2 aromatic rings. The maximum absolute atomic E-state index is 11.9. The summed E-state index contributed by atoms with van der Waals surface area (Å²) >= 11 is 0. The Balaban J connectivity index is 0.00000261. The lowest BCUT2D eigenvalue weighted by atomic mass is 10.3. The van der Waals surface area contributed by atoms with Gasteiger partial charge in [-0.3, -0.25) is 14.8 Å². The second-order valence-corrected chi connectivity index (χ2v) is 5.76. The van der Waals surface area contributed by atoms with E-state index in [1.807, 2.05) is 4.90 Å². The first-order valence-electron chi connectivity index (χ1n) is 8.49. The van der Waals surface area contributed by atoms with Crippen molar-refractivity contribution in [1.82, 2.24) is 25.2 Å². The molecule has 0 atom stereocenters. The molecule has 0 spiro atoms. The summed E-state index contributed by atoms with van der Waals surface area (Å²) < 4.78 is 0. The molecule has 1 saturated heterocycles. The fraction of sp³-hybridized carbons (Fsp3) is 0.353. The van der Waals surface area contributed by atoms with E-state index in [9.17, 15) is 4.79 Å². The second kappa shape index (κ2) is 10.6. The minimum absolute atomic E-state index is 0. The van der Waals surface area contributed by atoms with Crippen molar-refractivity contribution in [3.63, 3.8) is 0 Å². The molecule has 3 rings (SSSR count). The summed E-state index contributed by atoms with van der Waals surface area (Å²) in [4.78, 5) is 32.9. The Kier molecular flexibility index (Phi) is 8.17. The third-order valence-corrected chi connectivity index (χ3v) is 4.03. The lowest BCUT2D eigenvalue weighted by Crippen LogP contribution is -2.51. The number of aromatic nitrogens is 3. The van der Waals surface area contributed by atoms with Crippen LogP contribution in [-0.2, 0) is 0 Å². The number of aliphatic imine (C=N–C) groups is 1. The minimum atomic E-state index is -0.164. The van der Waals surface area contributed by atoms with Crippen LogP contribution in [0.2, 0.25) is 0 Å². The maximum atomic E-state index is 11.9. The first-order valence-corrected chi connectivity index (χ1v) is 8.49. The van der Waals surface area contributed by atoms with Gasteiger partial charge in [-0.1, -0.05) is 0 Å². The van der Waals surface area contributed by atoms with Crippen LogP contribution in [0.15, 0.2) is 48.0 Å². The van der Waals surface area contributed by atoms with Gasteiger partial charge in [0.2, 0.25) is 5.95 Å². The highest BCUT2D eigenvalue weighted by Gasteiger charge is 2.19. The molecule has 3 N–H and O–H groups in total. The van der Waals surface area contributed by atoms with Crippen molar-refractivity contribution >= 4 is 41.8 Å². The van der Waals surface area contributed by atoms with Crippen LogP contribution in [0.4, 0.5) is 5.95 Å². The van der Waals surface area contributed by atoms with Gasteiger partial charge in [-0.25, -0.2) is 9.97 Å². The quantitative estimate of drug-likeness (QED) is 0.274. The van der Waals surface area contributed by atoms with Crippen molar-refractivity contribution in [3.05, 3.63) is 48.5 Å². The molecule has 1 aliphatic rings. The standard InChI is InChI=1S/C17H22N8O.HI/c18-16(21-8-7-20-15(26)14-3-1-4-19-13-14)24-9-11-25(12-10-24)17-22-5-2-6-23-17;/h1-6,13H,7-12H2,(H2,18,21)(H,20,26);1H. The topological polar surface area (TPSA) is 113 Å². The predicted molar refractivity (Wildman–Crippen MR) is 114 cm³/mol. The maximum Gasteiger partial charge on any atom is 0.252 e. The molecule has 0 radical (unpaired) electrons. The number of guanidine groups is 1. The van der Waals surface area contributed by atoms with E-state index in [0.717, 1.165) is 32.1 Å². The van der Waals surface area contributed by atoms with Gasteiger partial charge in [0.25, 0.3) is 5.91 Å². The number of nitrogens with one attached hydrogen (secondary N) is 1. The summed E-state index contributed by atoms with van der Waals surface area (Å²) in [5.74, 6) is 1.07. The van der Waals surface area contributed by atoms with E-state index in [2.05, 4.69) is 30.2 Å². The number of nitrogens with two attached hydrogens (primary N) is 1. The lowest BCUT2D eigenvalue weighted by molar-refractivity contribution is 0.0954. The normalized spacial score (nSPS) is 14.4. The predicted octanol–water partition coefficient (Wildman–Crippen LogP) is 0.356. The van der Waals surface area contributed by atoms with E-state index >= 15 is 0 Å². The van der Waals surface area contributed by atoms with E-state index in [1.165, 1.54) is 6.20 Å². The van der Waals surface area contributed by atoms with Gasteiger partial charge in [0.1, 0.15) is 0 Å². The third-order valence-electron chi connectivity index (χ3n) is 4.03. The summed E-state index contributed by atoms with van der Waals surface area (Å²) in [6.07, 6.45) is 6.64. The second-order valence-electron chi connectivity index (χ2n) is 5.76. The van der Waals surface area contributed by atoms with Crippen LogP contribution in [0.1, 0.15) is 10.4 Å². The zero-order valence-electron chi connectivity index (χ0n) is 14.9. The monoisotopic (exact) mass is 482 g/mol. The summed E-state index contributed by atoms with van der Waals surface area (Å²) in [6, 6.07) is 5.25. The molecule has 10 heteroatoms. The average molecular weight is 482 g/mol. The molecule has 144 valence electrons. The van der Waals surface area contributed by atoms with E-state index in [4.69, 9.17) is 5.73 Å². The summed E-state index contributed by atoms with van der Waals surface area (Å²) in [5, 5.41) is 2.80. The Labute approximate surface area is 175 Å². The first kappa shape index (κ1) is 20.8. The molecule has 0 aromatic carbocycles. The molecule has 27 heavy (non-hydrogen) atoms. The zero-order chi connectivity index (χ0) is 18.2. The van der Waals surface area contributed by atoms with Gasteiger partial charge in [-0.2, -0.15) is 0 Å². The van der Waals surface area contributed by atoms with Crippen molar-refractivity contribution in [3.8, 4) is 0 Å². The molecule has 0 saturated carbocycles. The lowest BCUT2D eigenvalue weighted by Gasteiger charge is -2.35. The van der Waals surface area contributed by atoms with Crippen molar-refractivity contribution in [1.29, 1.82) is 0 Å². The molecule has 2 aromatic heterocycles. The van der Waals surface area contributed by atoms with Gasteiger partial charge in [0.05, 0.1) is 12.1 Å². The molecule has 3 heterocycles. The van der Waals surface area contributed by atoms with Gasteiger partial charge >= 0.3 is 0 Å². The van der Waals surface area contributed by atoms with Crippen LogP contribution >= 0.6 is 24.0 Å². The van der Waals surface area contributed by atoms with Crippen molar-refractivity contribution in [2.24, 2.45) is 10.7 Å². The molecule has 9 nitrogen and oxygen atoms in total. The average Bonchev–Trinajstić information content (AvgIpc) is 2.72. The van der Waals surface area contributed by atoms with Crippen molar-refractivity contribution < 1.29 is 4.79 Å². The SMILES string of the molecule is I.NC(=NCCNC(=O)c1cccnc1)N1CCN(c2ncccn2)CC1. The number of carbonyl (C=O) groups is 1. The highest BCUT2D eigenvalue weighted by Crippen LogP contribution is 2.09. The number of nitrogens with zero attached hydrogens (tertiary/aromatic N) is 6. The Hall–Kier alpha value is -2.50. The molecule has 1 fully saturated rings. The first-order chi connectivity index (χ1) is 12.7. The Bertz CT molecular complexity index is 735. The number of hydrogen-bond acceptors (Lipinski definition) is 6. The van der Waals surface area contributed by atoms with Gasteiger partial charge in [0, 0.05) is 57.5 Å². The Morgan fingerprint density at radius 2 is 1.89 bits per heavy atom. The summed E-state index contributed by atoms with van der Waals surface area (Å²) in [6.45, 7) is 3.95. The van der Waals surface area contributed by atoms with Crippen LogP contribution in [0.25, 0.3) is 0 Å². The number of hydrogen-bond donors (Lipinski definition) is 2. The summed E-state index contributed by atoms with van der Waals surface area (Å²) in [7, 11) is 0. The van der Waals surface area contributed by atoms with Gasteiger partial charge in [0.15, 0.2) is 5.96 Å². The number of pyridine rings is 1. The molecule has 0 bridgehead atoms. The van der Waals surface area contributed by atoms with Crippen molar-refractivity contribution in [2.75, 3.05) is 44.2 Å². The van der Waals surface area contributed by atoms with E-state index < -0.39 is 0 Å². The number of rotatable bonds is 5. The number of carbonyl (C=O) groups excluding carboxylic acids is 1. The number of amides is 1. The third kappa shape index (κ3) is 6.01. The number of halogens is 1. The van der Waals surface area contributed by atoms with Crippen LogP contribution < -0.4 is 16.0 Å². The van der Waals surface area contributed by atoms with Crippen LogP contribution in [0, 0.1) is 0 Å². The van der Waals surface area contributed by atoms with Crippen LogP contribution in [0.3, 0.4) is 0 Å². The smallest absolute Gasteiger partial charge is 0.252 e. The van der Waals surface area contributed by atoms with E-state index in [1.54, 1.807) is 36.8 Å². The van der Waals surface area contributed by atoms with Gasteiger partial charge in [-0.05, 0) is 18.2 Å². The van der Waals surface area contributed by atoms with Crippen molar-refractivity contribution in [2.45, 2.75) is 0 Å². The minimum Gasteiger partial charge on any atom is -0.370 e. The fourth-order valence-corrected chi connectivity index (χ4v) is 2.63. The molecule has 1 amide bonds. The molecule has 0 aliphatic carbocycles. The van der Waals surface area contributed by atoms with E-state index in [-0.39, 0.29) is 29.9 Å². The Morgan fingerprint density at radius 3 is 2.56 bits per heavy atom. The zero-order valence-corrected chi connectivity index (χ0v) is 17.2. The number of piperazine rings is 1. The highest BCUT2D eigenvalue weighted by atomic mass is 127.